The number of aliphatic hydroxyl groups excluding tert-OH is 6. The molecular formula is C82H91Cl3N14O26. The van der Waals surface area contributed by atoms with Crippen molar-refractivity contribution in [3.8, 4) is 57.1 Å². The van der Waals surface area contributed by atoms with Crippen LogP contribution in [0.25, 0.3) is 17.2 Å². The molecule has 1 aromatic heterocycles. The van der Waals surface area contributed by atoms with Crippen molar-refractivity contribution in [2.24, 2.45) is 17.4 Å². The molecule has 0 radical (unpaired) electrons. The van der Waals surface area contributed by atoms with Gasteiger partial charge in [-0.2, -0.15) is 10.5 Å². The number of aliphatic hydroxyl groups is 6. The van der Waals surface area contributed by atoms with Gasteiger partial charge in [0.25, 0.3) is 0 Å². The number of hydrogen-bond acceptors (Lipinski definition) is 30. The number of rotatable bonds is 23. The van der Waals surface area contributed by atoms with E-state index in [2.05, 4.69) is 58.3 Å². The summed E-state index contributed by atoms with van der Waals surface area (Å²) in [6.45, 7) is 4.74. The molecule has 0 saturated carbocycles. The minimum Gasteiger partial charge on any atom is -0.508 e. The summed E-state index contributed by atoms with van der Waals surface area (Å²) >= 11 is 20.3. The van der Waals surface area contributed by atoms with Crippen molar-refractivity contribution >= 4 is 99.9 Å². The second-order valence-corrected chi connectivity index (χ2v) is 32.0. The van der Waals surface area contributed by atoms with Gasteiger partial charge in [-0.15, -0.1) is 0 Å². The molecule has 0 spiro atoms. The van der Waals surface area contributed by atoms with Crippen LogP contribution in [-0.2, 0) is 68.7 Å². The molecule has 6 aromatic carbocycles. The van der Waals surface area contributed by atoms with Gasteiger partial charge < -0.3 is 134 Å². The largest absolute Gasteiger partial charge is 0.508 e. The van der Waals surface area contributed by atoms with Crippen molar-refractivity contribution in [3.63, 3.8) is 0 Å². The lowest BCUT2D eigenvalue weighted by atomic mass is 9.85. The SMILES string of the molecule is CN[C@H](CC(C)C)C(=O)N[C@H]1C(=O)N[C@@H](CC(N)=O)C(=O)N[C@H]2C(=O)N[C@H]3C(=O)N[C@H](C(=O)N[C@@H](NOCC(N)=O)c4cc(O)cc(O)c4-c4cc3ccc4O)[C@H](O)c3ccc(c(Cl)c3)Oc3cc2cc(c3O[C@@H]2O[C@H](CO)[C@@H](O)[C@H](O)[C@H]2O[C@H]2C[C@](C)(NCCn3ccc(NC(=O)/C=C/c4ccc(Cl)cc4)nc3=O)[C@H](O)[C@H](C)O2)Oc2ccc(cc2Cl)[C@H]1O. The number of hydrogen-bond donors (Lipinski definition) is 21. The number of primary amides is 2. The van der Waals surface area contributed by atoms with Gasteiger partial charge in [0.15, 0.2) is 23.9 Å². The summed E-state index contributed by atoms with van der Waals surface area (Å²) in [6.07, 6.45) is -17.1. The first kappa shape index (κ1) is 92.5. The van der Waals surface area contributed by atoms with Gasteiger partial charge in [-0.3, -0.25) is 52.6 Å². The van der Waals surface area contributed by atoms with E-state index in [1.165, 1.54) is 61.2 Å². The van der Waals surface area contributed by atoms with E-state index in [1.54, 1.807) is 31.2 Å². The van der Waals surface area contributed by atoms with Crippen LogP contribution in [0.5, 0.6) is 46.0 Å². The number of phenolic OH excluding ortho intramolecular Hbond substituents is 3. The van der Waals surface area contributed by atoms with Crippen LogP contribution in [-0.4, -0.2) is 214 Å². The zero-order valence-corrected chi connectivity index (χ0v) is 69.4. The minimum absolute atomic E-state index is 0.0342. The van der Waals surface area contributed by atoms with E-state index >= 15 is 24.0 Å². The normalized spacial score (nSPS) is 26.0. The third kappa shape index (κ3) is 21.6. The number of ether oxygens (including phenoxy) is 6. The number of amides is 9. The molecule has 125 heavy (non-hydrogen) atoms. The number of aromatic nitrogens is 2. The van der Waals surface area contributed by atoms with Crippen LogP contribution >= 0.6 is 34.8 Å². The number of nitrogens with zero attached hydrogens (tertiary/aromatic N) is 2. The Morgan fingerprint density at radius 3 is 1.99 bits per heavy atom. The van der Waals surface area contributed by atoms with E-state index in [0.717, 1.165) is 60.7 Å². The fraction of sp³-hybridized carbons (Fsp3) is 0.378. The van der Waals surface area contributed by atoms with Crippen LogP contribution < -0.4 is 84.7 Å². The van der Waals surface area contributed by atoms with E-state index < -0.39 is 255 Å². The summed E-state index contributed by atoms with van der Waals surface area (Å²) in [4.78, 5) is 153. The Labute approximate surface area is 726 Å². The number of likely N-dealkylation sites (N-methyl/N-ethyl adjacent to an activating group) is 1. The molecule has 14 rings (SSSR count). The Hall–Kier alpha value is -11.7. The standard InChI is InChI=1S/C82H91Cl3N14O26/c1-34(2)22-47(88-5)74(112)95-64-66(107)38-10-15-51(45(84)24-38)121-53-26-40-27-54(70(53)125-80-71(69(110)68(109)55(32-100)123-80)124-60-31-82(4,72(111)35(3)120-60)89-19-21-99-20-18-58(92-81(99)118)91-59(106)17-8-36-6-12-41(83)13-7-36)122-52-16-11-39(25-46(52)85)67(108)65-79(117)97-73(98-119-33-57(87)105)44-28-42(101)29-50(103)61(44)43-23-37(9-14-49(43)102)62(76(114)96-65)94-77(115)63(40)93-75(113)48(30-56(86)104)90-78(64)116/h6-18,20,23-29,34-35,47-48,55,60,62-69,71-73,80,88-89,98,100-103,107-111H,19,21-22,30-33H2,1-5H3,(H2,86,104)(H2,87,105)(H,90,116)(H,93,113)(H,94,115)(H,95,112)(H,96,114)(H,97,117)(H,91,92,106,118)/b17-8+/t35-,47+,48-,55+,60-,62+,63+,64+,65-,66+,67+,68+,69-,71+,72+,73-,80-,82-/m0/s1. The summed E-state index contributed by atoms with van der Waals surface area (Å²) in [5.74, 6) is -15.8. The lowest BCUT2D eigenvalue weighted by Crippen LogP contribution is -2.65. The Morgan fingerprint density at radius 1 is 0.712 bits per heavy atom. The summed E-state index contributed by atoms with van der Waals surface area (Å²) in [6, 6.07) is 9.93. The maximum absolute atomic E-state index is 16.3. The summed E-state index contributed by atoms with van der Waals surface area (Å²) in [5, 5.41) is 130. The fourth-order valence-electron chi connectivity index (χ4n) is 14.8. The Bertz CT molecular complexity index is 5360. The van der Waals surface area contributed by atoms with Crippen LogP contribution in [0, 0.1) is 5.92 Å². The molecular weight excluding hydrogens is 1700 g/mol. The zero-order chi connectivity index (χ0) is 90.3. The predicted octanol–water partition coefficient (Wildman–Crippen LogP) is 1.18. The van der Waals surface area contributed by atoms with E-state index in [9.17, 15) is 69.9 Å². The highest BCUT2D eigenvalue weighted by molar-refractivity contribution is 6.32. The molecule has 11 bridgehead atoms. The molecule has 0 aliphatic carbocycles. The third-order valence-corrected chi connectivity index (χ3v) is 22.0. The molecule has 2 fully saturated rings. The number of benzene rings is 6. The molecule has 7 aliphatic rings. The quantitative estimate of drug-likeness (QED) is 0.0316. The van der Waals surface area contributed by atoms with Crippen molar-refractivity contribution in [2.45, 2.75) is 163 Å². The maximum atomic E-state index is 16.3. The Balaban J connectivity index is 0.994. The molecule has 7 aliphatic heterocycles. The monoisotopic (exact) mass is 1790 g/mol. The van der Waals surface area contributed by atoms with Gasteiger partial charge >= 0.3 is 5.69 Å². The van der Waals surface area contributed by atoms with Gasteiger partial charge in [0.2, 0.25) is 65.2 Å². The molecule has 7 aromatic rings. The molecule has 9 amide bonds. The van der Waals surface area contributed by atoms with Crippen LogP contribution in [0.2, 0.25) is 15.1 Å². The third-order valence-electron chi connectivity index (χ3n) is 21.2. The summed E-state index contributed by atoms with van der Waals surface area (Å²) in [5.41, 5.74) is 9.69. The number of aromatic hydroxyl groups is 3. The highest BCUT2D eigenvalue weighted by Crippen LogP contribution is 2.50. The van der Waals surface area contributed by atoms with Crippen molar-refractivity contribution in [3.05, 3.63) is 180 Å². The first-order valence-corrected chi connectivity index (χ1v) is 40.2. The topological polar surface area (TPSA) is 608 Å². The first-order valence-electron chi connectivity index (χ1n) is 39.0. The average molecular weight is 1800 g/mol. The summed E-state index contributed by atoms with van der Waals surface area (Å²) in [7, 11) is 1.47. The van der Waals surface area contributed by atoms with Gasteiger partial charge in [-0.1, -0.05) is 79.0 Å². The van der Waals surface area contributed by atoms with Crippen LogP contribution in [0.3, 0.4) is 0 Å². The Kier molecular flexibility index (Phi) is 29.4. The Morgan fingerprint density at radius 2 is 1.36 bits per heavy atom. The van der Waals surface area contributed by atoms with Crippen molar-refractivity contribution in [1.82, 2.24) is 57.6 Å². The van der Waals surface area contributed by atoms with Crippen LogP contribution in [0.4, 0.5) is 5.82 Å². The first-order chi connectivity index (χ1) is 59.4. The van der Waals surface area contributed by atoms with Gasteiger partial charge in [0.1, 0.15) is 108 Å². The molecule has 0 unspecified atom stereocenters. The highest BCUT2D eigenvalue weighted by Gasteiger charge is 2.52. The number of phenols is 3. The van der Waals surface area contributed by atoms with Crippen molar-refractivity contribution in [1.29, 1.82) is 0 Å². The van der Waals surface area contributed by atoms with E-state index in [-0.39, 0.29) is 65.7 Å². The number of anilines is 1. The summed E-state index contributed by atoms with van der Waals surface area (Å²) < 4.78 is 40.6. The lowest BCUT2D eigenvalue weighted by Gasteiger charge is -2.48. The van der Waals surface area contributed by atoms with Crippen LogP contribution in [0.1, 0.15) is 111 Å². The van der Waals surface area contributed by atoms with Gasteiger partial charge in [-0.05, 0) is 140 Å². The number of hydroxylamine groups is 1. The van der Waals surface area contributed by atoms with Crippen molar-refractivity contribution in [2.75, 3.05) is 32.1 Å². The van der Waals surface area contributed by atoms with E-state index in [4.69, 9.17) is 79.5 Å². The van der Waals surface area contributed by atoms with Gasteiger partial charge in [-0.25, -0.2) is 4.79 Å². The number of carbonyl (C=O) groups is 9. The molecule has 18 atom stereocenters. The second-order valence-electron chi connectivity index (χ2n) is 30.8. The second kappa shape index (κ2) is 39.7. The smallest absolute Gasteiger partial charge is 0.349 e. The lowest BCUT2D eigenvalue weighted by molar-refractivity contribution is -0.334. The average Bonchev–Trinajstić information content (AvgIpc) is 0.769. The number of halogens is 3. The van der Waals surface area contributed by atoms with E-state index in [1.807, 2.05) is 13.8 Å². The number of nitrogens with one attached hydrogen (secondary N) is 10. The number of nitrogens with two attached hydrogens (primary N) is 2. The zero-order valence-electron chi connectivity index (χ0n) is 67.1. The maximum Gasteiger partial charge on any atom is 0.349 e. The minimum atomic E-state index is -2.39. The highest BCUT2D eigenvalue weighted by atomic mass is 35.5. The molecule has 43 heteroatoms. The van der Waals surface area contributed by atoms with E-state index in [0.29, 0.717) is 10.6 Å². The van der Waals surface area contributed by atoms with Gasteiger partial charge in [0.05, 0.1) is 41.3 Å². The van der Waals surface area contributed by atoms with Crippen LogP contribution in [0.15, 0.2) is 126 Å². The fourth-order valence-corrected chi connectivity index (χ4v) is 15.4. The number of carbonyl (C=O) groups excluding carboxylic acids is 9. The number of fused-ring (bicyclic) bond motifs is 15. The molecule has 2 saturated heterocycles. The van der Waals surface area contributed by atoms with Crippen molar-refractivity contribution < 1.29 is 122 Å². The molecule has 8 heterocycles. The molecule has 666 valence electrons. The van der Waals surface area contributed by atoms with Gasteiger partial charge in [0, 0.05) is 65.1 Å². The predicted molar refractivity (Wildman–Crippen MR) is 441 cm³/mol. The molecule has 40 nitrogen and oxygen atoms in total. The molecule has 23 N–H and O–H groups in total.